The first-order valence-electron chi connectivity index (χ1n) is 20.5. The summed E-state index contributed by atoms with van der Waals surface area (Å²) in [5.74, 6) is 0. The van der Waals surface area contributed by atoms with Crippen molar-refractivity contribution >= 4 is 43.1 Å². The van der Waals surface area contributed by atoms with Crippen molar-refractivity contribution in [1.82, 2.24) is 9.97 Å². The van der Waals surface area contributed by atoms with Gasteiger partial charge >= 0.3 is 0 Å². The summed E-state index contributed by atoms with van der Waals surface area (Å²) >= 11 is 0. The molecule has 2 nitrogen and oxygen atoms in total. The van der Waals surface area contributed by atoms with E-state index in [0.717, 1.165) is 28.1 Å². The molecule has 0 bridgehead atoms. The Labute approximate surface area is 343 Å². The van der Waals surface area contributed by atoms with E-state index in [9.17, 15) is 0 Å². The lowest BCUT2D eigenvalue weighted by Crippen LogP contribution is -2.15. The number of hydrogen-bond donors (Lipinski definition) is 0. The van der Waals surface area contributed by atoms with Crippen LogP contribution in [0.3, 0.4) is 0 Å². The van der Waals surface area contributed by atoms with Gasteiger partial charge in [-0.1, -0.05) is 159 Å². The van der Waals surface area contributed by atoms with Gasteiger partial charge in [0, 0.05) is 28.9 Å². The number of benzene rings is 9. The van der Waals surface area contributed by atoms with Crippen molar-refractivity contribution in [2.24, 2.45) is 0 Å². The van der Waals surface area contributed by atoms with Gasteiger partial charge in [0.05, 0.1) is 11.4 Å². The lowest BCUT2D eigenvalue weighted by atomic mass is 9.81. The molecule has 9 aromatic carbocycles. The van der Waals surface area contributed by atoms with Crippen LogP contribution < -0.4 is 0 Å². The molecule has 0 radical (unpaired) electrons. The zero-order valence-corrected chi connectivity index (χ0v) is 32.9. The summed E-state index contributed by atoms with van der Waals surface area (Å²) in [6.07, 6.45) is 4.04. The second-order valence-corrected chi connectivity index (χ2v) is 16.6. The molecule has 276 valence electrons. The summed E-state index contributed by atoms with van der Waals surface area (Å²) in [4.78, 5) is 10.2. The molecule has 2 aromatic heterocycles. The topological polar surface area (TPSA) is 25.8 Å². The number of rotatable bonds is 5. The van der Waals surface area contributed by atoms with Gasteiger partial charge in [0.2, 0.25) is 0 Å². The Kier molecular flexibility index (Phi) is 7.31. The van der Waals surface area contributed by atoms with Crippen LogP contribution in [0.2, 0.25) is 0 Å². The van der Waals surface area contributed by atoms with E-state index in [4.69, 9.17) is 9.97 Å². The van der Waals surface area contributed by atoms with E-state index in [1.807, 2.05) is 12.4 Å². The van der Waals surface area contributed by atoms with E-state index >= 15 is 0 Å². The molecule has 0 saturated heterocycles. The third-order valence-corrected chi connectivity index (χ3v) is 12.9. The molecule has 2 heteroatoms. The van der Waals surface area contributed by atoms with Crippen molar-refractivity contribution in [1.29, 1.82) is 0 Å². The maximum Gasteiger partial charge on any atom is 0.0930 e. The second-order valence-electron chi connectivity index (χ2n) is 16.6. The van der Waals surface area contributed by atoms with Crippen LogP contribution in [-0.2, 0) is 5.41 Å². The van der Waals surface area contributed by atoms with E-state index in [0.29, 0.717) is 0 Å². The Balaban J connectivity index is 0.932. The Bertz CT molecular complexity index is 3430. The first kappa shape index (κ1) is 33.7. The minimum atomic E-state index is -0.269. The van der Waals surface area contributed by atoms with Gasteiger partial charge in [-0.25, -0.2) is 0 Å². The molecule has 1 aliphatic rings. The molecule has 0 N–H and O–H groups in total. The molecule has 0 amide bonds. The highest BCUT2D eigenvalue weighted by atomic mass is 14.8. The largest absolute Gasteiger partial charge is 0.254 e. The molecule has 59 heavy (non-hydrogen) atoms. The van der Waals surface area contributed by atoms with Crippen LogP contribution in [-0.4, -0.2) is 9.97 Å². The zero-order valence-electron chi connectivity index (χ0n) is 32.9. The summed E-state index contributed by atoms with van der Waals surface area (Å²) in [6, 6.07) is 66.9. The first-order chi connectivity index (χ1) is 29.0. The van der Waals surface area contributed by atoms with Crippen molar-refractivity contribution < 1.29 is 0 Å². The molecule has 2 heterocycles. The van der Waals surface area contributed by atoms with Crippen LogP contribution in [0.4, 0.5) is 0 Å². The predicted molar refractivity (Wildman–Crippen MR) is 248 cm³/mol. The van der Waals surface area contributed by atoms with Gasteiger partial charge in [0.15, 0.2) is 0 Å². The molecule has 0 atom stereocenters. The van der Waals surface area contributed by atoms with Crippen LogP contribution in [0.25, 0.3) is 110 Å². The van der Waals surface area contributed by atoms with Crippen LogP contribution in [0.5, 0.6) is 0 Å². The van der Waals surface area contributed by atoms with E-state index in [2.05, 4.69) is 196 Å². The monoisotopic (exact) mass is 750 g/mol. The van der Waals surface area contributed by atoms with Crippen molar-refractivity contribution in [2.75, 3.05) is 0 Å². The first-order valence-corrected chi connectivity index (χ1v) is 20.5. The lowest BCUT2D eigenvalue weighted by molar-refractivity contribution is 0.658. The Morgan fingerprint density at radius 1 is 0.322 bits per heavy atom. The quantitative estimate of drug-likeness (QED) is 0.164. The van der Waals surface area contributed by atoms with Crippen molar-refractivity contribution in [2.45, 2.75) is 19.3 Å². The SMILES string of the molecule is CC1(C)c2cc(-c3cc(-c4ccccc4)cc(-c4ccc(-c5ccc6ccc7cccc8ccc5c6c78)cc4)c3)cnc2-c2ncc(-c3ccc4ccccc4c3)cc21. The third-order valence-electron chi connectivity index (χ3n) is 12.9. The molecule has 0 aliphatic heterocycles. The normalized spacial score (nSPS) is 13.1. The average molecular weight is 751 g/mol. The van der Waals surface area contributed by atoms with E-state index in [1.165, 1.54) is 93.2 Å². The Morgan fingerprint density at radius 2 is 0.814 bits per heavy atom. The zero-order chi connectivity index (χ0) is 39.2. The summed E-state index contributed by atoms with van der Waals surface area (Å²) in [7, 11) is 0. The van der Waals surface area contributed by atoms with Crippen LogP contribution >= 0.6 is 0 Å². The standard InChI is InChI=1S/C57H38N2/c1-57(2)51-31-47(43-22-17-36-11-6-7-12-42(36)27-43)33-58-55(51)56-52(57)32-48(34-59-56)46-29-44(35-9-4-3-5-10-35)28-45(30-46)37-15-18-38(19-16-37)49-25-23-41-21-20-39-13-8-14-40-24-26-50(49)54(41)53(39)40/h3-34H,1-2H3. The summed E-state index contributed by atoms with van der Waals surface area (Å²) in [5, 5.41) is 10.3. The van der Waals surface area contributed by atoms with Gasteiger partial charge in [-0.3, -0.25) is 9.97 Å². The lowest BCUT2D eigenvalue weighted by Gasteiger charge is -2.22. The van der Waals surface area contributed by atoms with E-state index < -0.39 is 0 Å². The highest BCUT2D eigenvalue weighted by Crippen LogP contribution is 2.49. The highest BCUT2D eigenvalue weighted by Gasteiger charge is 2.38. The van der Waals surface area contributed by atoms with Gasteiger partial charge in [-0.2, -0.15) is 0 Å². The van der Waals surface area contributed by atoms with E-state index in [-0.39, 0.29) is 5.41 Å². The van der Waals surface area contributed by atoms with Gasteiger partial charge in [0.1, 0.15) is 0 Å². The number of pyridine rings is 2. The molecular formula is C57H38N2. The van der Waals surface area contributed by atoms with Gasteiger partial charge in [-0.05, 0) is 135 Å². The summed E-state index contributed by atoms with van der Waals surface area (Å²) in [6.45, 7) is 4.62. The maximum absolute atomic E-state index is 5.16. The maximum atomic E-state index is 5.16. The van der Waals surface area contributed by atoms with Gasteiger partial charge < -0.3 is 0 Å². The molecule has 0 spiro atoms. The molecule has 0 fully saturated rings. The fourth-order valence-electron chi connectivity index (χ4n) is 9.68. The molecule has 0 unspecified atom stereocenters. The van der Waals surface area contributed by atoms with Crippen molar-refractivity contribution in [3.05, 3.63) is 206 Å². The third kappa shape index (κ3) is 5.34. The minimum absolute atomic E-state index is 0.269. The number of aromatic nitrogens is 2. The van der Waals surface area contributed by atoms with E-state index in [1.54, 1.807) is 0 Å². The minimum Gasteiger partial charge on any atom is -0.254 e. The molecule has 12 rings (SSSR count). The molecule has 0 saturated carbocycles. The summed E-state index contributed by atoms with van der Waals surface area (Å²) in [5.41, 5.74) is 15.8. The van der Waals surface area contributed by atoms with Crippen molar-refractivity contribution in [3.8, 4) is 67.0 Å². The molecule has 1 aliphatic carbocycles. The van der Waals surface area contributed by atoms with Crippen LogP contribution in [0.1, 0.15) is 25.0 Å². The van der Waals surface area contributed by atoms with Crippen LogP contribution in [0.15, 0.2) is 194 Å². The number of nitrogens with zero attached hydrogens (tertiary/aromatic N) is 2. The second kappa shape index (κ2) is 12.8. The Morgan fingerprint density at radius 3 is 1.51 bits per heavy atom. The number of fused-ring (bicyclic) bond motifs is 4. The van der Waals surface area contributed by atoms with Gasteiger partial charge in [-0.15, -0.1) is 0 Å². The Hall–Kier alpha value is -7.42. The van der Waals surface area contributed by atoms with Crippen LogP contribution in [0, 0.1) is 0 Å². The predicted octanol–water partition coefficient (Wildman–Crippen LogP) is 15.2. The smallest absolute Gasteiger partial charge is 0.0930 e. The van der Waals surface area contributed by atoms with Crippen molar-refractivity contribution in [3.63, 3.8) is 0 Å². The number of hydrogen-bond acceptors (Lipinski definition) is 2. The fraction of sp³-hybridized carbons (Fsp3) is 0.0526. The summed E-state index contributed by atoms with van der Waals surface area (Å²) < 4.78 is 0. The highest BCUT2D eigenvalue weighted by molar-refractivity contribution is 6.25. The molecule has 11 aromatic rings. The fourth-order valence-corrected chi connectivity index (χ4v) is 9.68. The average Bonchev–Trinajstić information content (AvgIpc) is 3.52. The molecular weight excluding hydrogens is 713 g/mol. The van der Waals surface area contributed by atoms with Gasteiger partial charge in [0.25, 0.3) is 0 Å².